The van der Waals surface area contributed by atoms with Crippen molar-refractivity contribution in [3.63, 3.8) is 0 Å². The van der Waals surface area contributed by atoms with Crippen molar-refractivity contribution >= 4 is 5.91 Å². The summed E-state index contributed by atoms with van der Waals surface area (Å²) in [4.78, 5) is 12.5. The second-order valence-corrected chi connectivity index (χ2v) is 17.3. The highest BCUT2D eigenvalue weighted by atomic mass is 16.3. The fourth-order valence-electron chi connectivity index (χ4n) is 7.97. The van der Waals surface area contributed by atoms with Crippen LogP contribution in [0.3, 0.4) is 0 Å². The first kappa shape index (κ1) is 54.8. The summed E-state index contributed by atoms with van der Waals surface area (Å²) in [5.74, 6) is -0.142. The van der Waals surface area contributed by atoms with Crippen LogP contribution in [0.4, 0.5) is 0 Å². The standard InChI is InChI=1S/C51H99NO4/c1-3-5-7-9-11-13-15-17-19-21-23-25-27-29-31-33-35-37-39-41-43-45-49(54)51(56)48(47-53)52-50(55)46-44-42-40-38-36-34-32-30-28-26-24-22-20-18-16-14-12-10-8-6-4-2/h6,8,12,14,48-49,51,53-54,56H,3-5,7,9-11,13,15-47H2,1-2H3,(H,52,55)/b8-6-,14-12-. The summed E-state index contributed by atoms with van der Waals surface area (Å²) >= 11 is 0. The molecule has 5 heteroatoms. The lowest BCUT2D eigenvalue weighted by atomic mass is 9.99. The molecule has 332 valence electrons. The Morgan fingerprint density at radius 1 is 0.464 bits per heavy atom. The Morgan fingerprint density at radius 2 is 0.821 bits per heavy atom. The Kier molecular flexibility index (Phi) is 45.5. The largest absolute Gasteiger partial charge is 0.394 e. The van der Waals surface area contributed by atoms with Gasteiger partial charge in [-0.15, -0.1) is 0 Å². The van der Waals surface area contributed by atoms with E-state index >= 15 is 0 Å². The van der Waals surface area contributed by atoms with Gasteiger partial charge in [0.1, 0.15) is 6.10 Å². The van der Waals surface area contributed by atoms with Gasteiger partial charge in [0.25, 0.3) is 0 Å². The topological polar surface area (TPSA) is 89.8 Å². The van der Waals surface area contributed by atoms with Crippen LogP contribution < -0.4 is 5.32 Å². The van der Waals surface area contributed by atoms with E-state index in [-0.39, 0.29) is 12.5 Å². The molecule has 56 heavy (non-hydrogen) atoms. The van der Waals surface area contributed by atoms with Gasteiger partial charge in [-0.3, -0.25) is 4.79 Å². The number of carbonyl (C=O) groups excluding carboxylic acids is 1. The monoisotopic (exact) mass is 790 g/mol. The molecule has 0 saturated heterocycles. The molecule has 3 atom stereocenters. The van der Waals surface area contributed by atoms with Crippen molar-refractivity contribution in [1.29, 1.82) is 0 Å². The van der Waals surface area contributed by atoms with Gasteiger partial charge in [-0.1, -0.05) is 250 Å². The third-order valence-corrected chi connectivity index (χ3v) is 11.8. The first-order chi connectivity index (χ1) is 27.6. The van der Waals surface area contributed by atoms with Crippen molar-refractivity contribution in [2.45, 2.75) is 289 Å². The van der Waals surface area contributed by atoms with Gasteiger partial charge in [-0.05, 0) is 38.5 Å². The zero-order valence-electron chi connectivity index (χ0n) is 37.8. The number of nitrogens with one attached hydrogen (secondary N) is 1. The minimum atomic E-state index is -1.13. The van der Waals surface area contributed by atoms with E-state index in [9.17, 15) is 20.1 Å². The van der Waals surface area contributed by atoms with Crippen molar-refractivity contribution < 1.29 is 20.1 Å². The van der Waals surface area contributed by atoms with Crippen LogP contribution >= 0.6 is 0 Å². The molecule has 0 radical (unpaired) electrons. The molecule has 0 aromatic carbocycles. The lowest BCUT2D eigenvalue weighted by Crippen LogP contribution is -2.50. The van der Waals surface area contributed by atoms with E-state index in [0.717, 1.165) is 44.9 Å². The normalized spacial score (nSPS) is 13.6. The predicted molar refractivity (Wildman–Crippen MR) is 245 cm³/mol. The van der Waals surface area contributed by atoms with E-state index in [2.05, 4.69) is 43.5 Å². The maximum atomic E-state index is 12.5. The molecule has 0 saturated carbocycles. The highest BCUT2D eigenvalue weighted by molar-refractivity contribution is 5.76. The number of aliphatic hydroxyl groups is 3. The average Bonchev–Trinajstić information content (AvgIpc) is 3.20. The maximum Gasteiger partial charge on any atom is 0.220 e. The van der Waals surface area contributed by atoms with Crippen LogP contribution in [-0.4, -0.2) is 46.1 Å². The molecule has 0 heterocycles. The highest BCUT2D eigenvalue weighted by Crippen LogP contribution is 2.17. The first-order valence-corrected chi connectivity index (χ1v) is 25.1. The van der Waals surface area contributed by atoms with Crippen molar-refractivity contribution in [1.82, 2.24) is 5.32 Å². The minimum Gasteiger partial charge on any atom is -0.394 e. The van der Waals surface area contributed by atoms with Crippen LogP contribution in [0.15, 0.2) is 24.3 Å². The zero-order valence-corrected chi connectivity index (χ0v) is 37.8. The van der Waals surface area contributed by atoms with Gasteiger partial charge in [0, 0.05) is 6.42 Å². The molecule has 3 unspecified atom stereocenters. The van der Waals surface area contributed by atoms with E-state index < -0.39 is 18.2 Å². The molecule has 0 aliphatic carbocycles. The smallest absolute Gasteiger partial charge is 0.220 e. The van der Waals surface area contributed by atoms with Crippen molar-refractivity contribution in [3.8, 4) is 0 Å². The van der Waals surface area contributed by atoms with E-state index in [1.54, 1.807) is 0 Å². The molecule has 0 bridgehead atoms. The molecule has 0 fully saturated rings. The van der Waals surface area contributed by atoms with Gasteiger partial charge >= 0.3 is 0 Å². The van der Waals surface area contributed by atoms with E-state index in [0.29, 0.717) is 12.8 Å². The number of rotatable bonds is 46. The molecule has 0 aliphatic rings. The lowest BCUT2D eigenvalue weighted by Gasteiger charge is -2.26. The Bertz CT molecular complexity index is 829. The molecule has 5 nitrogen and oxygen atoms in total. The Balaban J connectivity index is 3.55. The molecule has 0 spiro atoms. The van der Waals surface area contributed by atoms with Crippen LogP contribution in [-0.2, 0) is 4.79 Å². The second kappa shape index (κ2) is 46.5. The third kappa shape index (κ3) is 41.0. The summed E-state index contributed by atoms with van der Waals surface area (Å²) in [5.41, 5.74) is 0. The van der Waals surface area contributed by atoms with Crippen LogP contribution in [0.25, 0.3) is 0 Å². The molecule has 4 N–H and O–H groups in total. The summed E-state index contributed by atoms with van der Waals surface area (Å²) in [6, 6.07) is -0.808. The number of allylic oxidation sites excluding steroid dienone is 4. The molecule has 0 aromatic rings. The number of carbonyl (C=O) groups is 1. The van der Waals surface area contributed by atoms with Crippen LogP contribution in [0.1, 0.15) is 271 Å². The Hall–Kier alpha value is -1.17. The van der Waals surface area contributed by atoms with Gasteiger partial charge in [0.05, 0.1) is 18.8 Å². The van der Waals surface area contributed by atoms with Crippen molar-refractivity contribution in [3.05, 3.63) is 24.3 Å². The van der Waals surface area contributed by atoms with Crippen LogP contribution in [0.2, 0.25) is 0 Å². The zero-order chi connectivity index (χ0) is 40.8. The number of hydrogen-bond donors (Lipinski definition) is 4. The summed E-state index contributed by atoms with van der Waals surface area (Å²) in [6.07, 6.45) is 57.3. The third-order valence-electron chi connectivity index (χ3n) is 11.8. The summed E-state index contributed by atoms with van der Waals surface area (Å²) in [5, 5.41) is 33.7. The molecule has 1 amide bonds. The van der Waals surface area contributed by atoms with Gasteiger partial charge < -0.3 is 20.6 Å². The quantitative estimate of drug-likeness (QED) is 0.0365. The fourth-order valence-corrected chi connectivity index (χ4v) is 7.97. The van der Waals surface area contributed by atoms with E-state index in [1.165, 1.54) is 199 Å². The maximum absolute atomic E-state index is 12.5. The number of hydrogen-bond acceptors (Lipinski definition) is 4. The minimum absolute atomic E-state index is 0.142. The van der Waals surface area contributed by atoms with Gasteiger partial charge in [0.2, 0.25) is 5.91 Å². The molecule has 0 aliphatic heterocycles. The number of aliphatic hydroxyl groups excluding tert-OH is 3. The number of unbranched alkanes of at least 4 members (excludes halogenated alkanes) is 34. The first-order valence-electron chi connectivity index (χ1n) is 25.1. The summed E-state index contributed by atoms with van der Waals surface area (Å²) < 4.78 is 0. The van der Waals surface area contributed by atoms with Gasteiger partial charge in [0.15, 0.2) is 0 Å². The van der Waals surface area contributed by atoms with E-state index in [4.69, 9.17) is 0 Å². The Morgan fingerprint density at radius 3 is 1.21 bits per heavy atom. The molecular weight excluding hydrogens is 691 g/mol. The fraction of sp³-hybridized carbons (Fsp3) is 0.902. The van der Waals surface area contributed by atoms with Crippen molar-refractivity contribution in [2.24, 2.45) is 0 Å². The van der Waals surface area contributed by atoms with E-state index in [1.807, 2.05) is 0 Å². The van der Waals surface area contributed by atoms with Crippen LogP contribution in [0, 0.1) is 0 Å². The van der Waals surface area contributed by atoms with Gasteiger partial charge in [-0.2, -0.15) is 0 Å². The number of amides is 1. The molecular formula is C51H99NO4. The highest BCUT2D eigenvalue weighted by Gasteiger charge is 2.26. The molecule has 0 aromatic heterocycles. The average molecular weight is 790 g/mol. The van der Waals surface area contributed by atoms with Crippen LogP contribution in [0.5, 0.6) is 0 Å². The van der Waals surface area contributed by atoms with Crippen molar-refractivity contribution in [2.75, 3.05) is 6.61 Å². The summed E-state index contributed by atoms with van der Waals surface area (Å²) in [7, 11) is 0. The molecule has 0 rings (SSSR count). The lowest BCUT2D eigenvalue weighted by molar-refractivity contribution is -0.124. The Labute approximate surface area is 350 Å². The van der Waals surface area contributed by atoms with Gasteiger partial charge in [-0.25, -0.2) is 0 Å². The SMILES string of the molecule is CC/C=C\C/C=C\CCCCCCCCCCCCCCCCC(=O)NC(CO)C(O)C(O)CCCCCCCCCCCCCCCCCCCCCCC. The predicted octanol–water partition coefficient (Wildman–Crippen LogP) is 14.9. The summed E-state index contributed by atoms with van der Waals surface area (Å²) in [6.45, 7) is 4.10. The second-order valence-electron chi connectivity index (χ2n) is 17.3.